The van der Waals surface area contributed by atoms with Gasteiger partial charge in [0.1, 0.15) is 0 Å². The molecule has 0 radical (unpaired) electrons. The van der Waals surface area contributed by atoms with Gasteiger partial charge >= 0.3 is 5.91 Å². The van der Waals surface area contributed by atoms with Crippen LogP contribution < -0.4 is 16.6 Å². The largest absolute Gasteiger partial charge is 0.459 e. The molecule has 1 aromatic heterocycles. The summed E-state index contributed by atoms with van der Waals surface area (Å²) < 4.78 is 5.09. The van der Waals surface area contributed by atoms with Crippen molar-refractivity contribution < 1.29 is 14.0 Å². The van der Waals surface area contributed by atoms with Gasteiger partial charge in [0.15, 0.2) is 5.76 Å². The molecule has 1 unspecified atom stereocenters. The van der Waals surface area contributed by atoms with E-state index in [4.69, 9.17) is 10.3 Å². The van der Waals surface area contributed by atoms with Crippen molar-refractivity contribution >= 4 is 11.8 Å². The van der Waals surface area contributed by atoms with Crippen LogP contribution in [0.15, 0.2) is 16.7 Å². The molecule has 1 aromatic rings. The second kappa shape index (κ2) is 6.91. The van der Waals surface area contributed by atoms with Crippen molar-refractivity contribution in [3.63, 3.8) is 0 Å². The van der Waals surface area contributed by atoms with Gasteiger partial charge in [0, 0.05) is 31.6 Å². The monoisotopic (exact) mass is 268 g/mol. The number of furan rings is 1. The van der Waals surface area contributed by atoms with Gasteiger partial charge in [0.05, 0.1) is 6.26 Å². The van der Waals surface area contributed by atoms with Crippen LogP contribution >= 0.6 is 0 Å². The lowest BCUT2D eigenvalue weighted by Gasteiger charge is -2.20. The fraction of sp³-hybridized carbons (Fsp3) is 0.500. The molecule has 0 saturated heterocycles. The van der Waals surface area contributed by atoms with E-state index in [9.17, 15) is 9.59 Å². The number of hydrogen-bond donors (Lipinski definition) is 3. The highest BCUT2D eigenvalue weighted by Crippen LogP contribution is 2.13. The zero-order valence-corrected chi connectivity index (χ0v) is 11.4. The lowest BCUT2D eigenvalue weighted by atomic mass is 10.1. The molecule has 1 atom stereocenters. The number of nitrogens with one attached hydrogen (secondary N) is 2. The normalized spacial score (nSPS) is 12.3. The van der Waals surface area contributed by atoms with E-state index >= 15 is 0 Å². The van der Waals surface area contributed by atoms with Gasteiger partial charge in [-0.2, -0.15) is 0 Å². The maximum absolute atomic E-state index is 11.4. The number of nitrogen functional groups attached to an aromatic ring is 1. The van der Waals surface area contributed by atoms with Crippen LogP contribution in [-0.4, -0.2) is 37.4 Å². The summed E-state index contributed by atoms with van der Waals surface area (Å²) in [5, 5.41) is 2.60. The molecule has 0 fully saturated rings. The third-order valence-electron chi connectivity index (χ3n) is 2.80. The number of hydrazine groups is 1. The number of nitrogens with two attached hydrogens (primary N) is 1. The summed E-state index contributed by atoms with van der Waals surface area (Å²) >= 11 is 0. The van der Waals surface area contributed by atoms with E-state index in [1.165, 1.54) is 6.26 Å². The average molecular weight is 268 g/mol. The fourth-order valence-electron chi connectivity index (χ4n) is 1.88. The quantitative estimate of drug-likeness (QED) is 0.373. The summed E-state index contributed by atoms with van der Waals surface area (Å²) in [6.45, 7) is 2.92. The minimum atomic E-state index is -0.465. The van der Waals surface area contributed by atoms with Crippen molar-refractivity contribution in [3.8, 4) is 0 Å². The summed E-state index contributed by atoms with van der Waals surface area (Å²) in [5.41, 5.74) is 2.76. The Morgan fingerprint density at radius 3 is 2.79 bits per heavy atom. The van der Waals surface area contributed by atoms with Crippen LogP contribution in [0.25, 0.3) is 0 Å². The van der Waals surface area contributed by atoms with E-state index in [2.05, 4.69) is 5.32 Å². The predicted octanol–water partition coefficient (Wildman–Crippen LogP) is -0.303. The molecule has 0 bridgehead atoms. The Labute approximate surface area is 112 Å². The number of nitrogens with zero attached hydrogens (tertiary/aromatic N) is 1. The number of rotatable bonds is 6. The van der Waals surface area contributed by atoms with Crippen LogP contribution in [0.2, 0.25) is 0 Å². The molecular weight excluding hydrogens is 248 g/mol. The third kappa shape index (κ3) is 4.08. The second-order valence-corrected chi connectivity index (χ2v) is 4.46. The van der Waals surface area contributed by atoms with Crippen molar-refractivity contribution in [2.45, 2.75) is 13.5 Å². The molecule has 0 spiro atoms. The van der Waals surface area contributed by atoms with E-state index < -0.39 is 5.91 Å². The maximum atomic E-state index is 11.4. The van der Waals surface area contributed by atoms with Crippen molar-refractivity contribution in [1.82, 2.24) is 15.6 Å². The van der Waals surface area contributed by atoms with Gasteiger partial charge in [-0.05, 0) is 13.1 Å². The molecule has 4 N–H and O–H groups in total. The molecule has 7 nitrogen and oxygen atoms in total. The SMILES string of the molecule is CNC(=O)C(C)CN(C)Cc1ccoc1C(=O)NN. The van der Waals surface area contributed by atoms with Gasteiger partial charge < -0.3 is 14.6 Å². The first kappa shape index (κ1) is 15.2. The highest BCUT2D eigenvalue weighted by atomic mass is 16.3. The van der Waals surface area contributed by atoms with Gasteiger partial charge in [-0.3, -0.25) is 15.0 Å². The van der Waals surface area contributed by atoms with Gasteiger partial charge in [0.25, 0.3) is 0 Å². The molecule has 0 aliphatic carbocycles. The summed E-state index contributed by atoms with van der Waals surface area (Å²) in [6, 6.07) is 1.71. The van der Waals surface area contributed by atoms with Gasteiger partial charge in [-0.1, -0.05) is 6.92 Å². The first-order valence-corrected chi connectivity index (χ1v) is 5.97. The summed E-state index contributed by atoms with van der Waals surface area (Å²) in [4.78, 5) is 24.8. The minimum Gasteiger partial charge on any atom is -0.459 e. The summed E-state index contributed by atoms with van der Waals surface area (Å²) in [7, 11) is 3.48. The third-order valence-corrected chi connectivity index (χ3v) is 2.80. The summed E-state index contributed by atoms with van der Waals surface area (Å²) in [5.74, 6) is 4.66. The Bertz CT molecular complexity index is 444. The first-order valence-electron chi connectivity index (χ1n) is 5.97. The Hall–Kier alpha value is -1.86. The van der Waals surface area contributed by atoms with Crippen LogP contribution in [0.1, 0.15) is 23.0 Å². The molecular formula is C12H20N4O3. The molecule has 106 valence electrons. The lowest BCUT2D eigenvalue weighted by Crippen LogP contribution is -2.35. The Morgan fingerprint density at radius 1 is 1.53 bits per heavy atom. The van der Waals surface area contributed by atoms with Crippen LogP contribution in [0.3, 0.4) is 0 Å². The minimum absolute atomic E-state index is 0.0148. The van der Waals surface area contributed by atoms with Crippen molar-refractivity contribution in [3.05, 3.63) is 23.7 Å². The Balaban J connectivity index is 2.62. The van der Waals surface area contributed by atoms with E-state index in [1.807, 2.05) is 24.3 Å². The molecule has 0 aliphatic heterocycles. The molecule has 7 heteroatoms. The zero-order valence-electron chi connectivity index (χ0n) is 11.4. The topological polar surface area (TPSA) is 101 Å². The van der Waals surface area contributed by atoms with Crippen LogP contribution in [-0.2, 0) is 11.3 Å². The fourth-order valence-corrected chi connectivity index (χ4v) is 1.88. The van der Waals surface area contributed by atoms with Gasteiger partial charge in [-0.25, -0.2) is 5.84 Å². The van der Waals surface area contributed by atoms with Crippen molar-refractivity contribution in [1.29, 1.82) is 0 Å². The lowest BCUT2D eigenvalue weighted by molar-refractivity contribution is -0.124. The standard InChI is InChI=1S/C12H20N4O3/c1-8(11(17)14-2)6-16(3)7-9-4-5-19-10(9)12(18)15-13/h4-5,8H,6-7,13H2,1-3H3,(H,14,17)(H,15,18). The maximum Gasteiger partial charge on any atom is 0.301 e. The average Bonchev–Trinajstić information content (AvgIpc) is 2.84. The number of carbonyl (C=O) groups excluding carboxylic acids is 2. The number of hydrogen-bond acceptors (Lipinski definition) is 5. The number of amides is 2. The van der Waals surface area contributed by atoms with Gasteiger partial charge in [0.2, 0.25) is 5.91 Å². The highest BCUT2D eigenvalue weighted by molar-refractivity contribution is 5.92. The summed E-state index contributed by atoms with van der Waals surface area (Å²) in [6.07, 6.45) is 1.44. The zero-order chi connectivity index (χ0) is 14.4. The molecule has 0 saturated carbocycles. The first-order chi connectivity index (χ1) is 8.99. The predicted molar refractivity (Wildman–Crippen MR) is 69.9 cm³/mol. The molecule has 0 aliphatic rings. The molecule has 19 heavy (non-hydrogen) atoms. The van der Waals surface area contributed by atoms with Crippen molar-refractivity contribution in [2.75, 3.05) is 20.6 Å². The Kier molecular flexibility index (Phi) is 5.53. The smallest absolute Gasteiger partial charge is 0.301 e. The highest BCUT2D eigenvalue weighted by Gasteiger charge is 2.18. The van der Waals surface area contributed by atoms with E-state index in [1.54, 1.807) is 13.1 Å². The van der Waals surface area contributed by atoms with Crippen LogP contribution in [0, 0.1) is 5.92 Å². The molecule has 1 rings (SSSR count). The molecule has 1 heterocycles. The van der Waals surface area contributed by atoms with Crippen LogP contribution in [0.4, 0.5) is 0 Å². The van der Waals surface area contributed by atoms with Crippen molar-refractivity contribution in [2.24, 2.45) is 11.8 Å². The van der Waals surface area contributed by atoms with E-state index in [-0.39, 0.29) is 17.6 Å². The molecule has 2 amide bonds. The van der Waals surface area contributed by atoms with E-state index in [0.29, 0.717) is 13.1 Å². The second-order valence-electron chi connectivity index (χ2n) is 4.46. The van der Waals surface area contributed by atoms with Gasteiger partial charge in [-0.15, -0.1) is 0 Å². The Morgan fingerprint density at radius 2 is 2.21 bits per heavy atom. The number of carbonyl (C=O) groups is 2. The molecule has 0 aromatic carbocycles. The van der Waals surface area contributed by atoms with Crippen LogP contribution in [0.5, 0.6) is 0 Å². The van der Waals surface area contributed by atoms with E-state index in [0.717, 1.165) is 5.56 Å².